The van der Waals surface area contributed by atoms with E-state index in [4.69, 9.17) is 5.73 Å². The van der Waals surface area contributed by atoms with Gasteiger partial charge in [-0.05, 0) is 36.6 Å². The molecule has 0 saturated carbocycles. The minimum absolute atomic E-state index is 0.150. The predicted octanol–water partition coefficient (Wildman–Crippen LogP) is 0.831. The summed E-state index contributed by atoms with van der Waals surface area (Å²) in [6, 6.07) is 5.59. The summed E-state index contributed by atoms with van der Waals surface area (Å²) in [7, 11) is -2.29. The number of piperidine rings is 1. The highest BCUT2D eigenvalue weighted by molar-refractivity contribution is 7.89. The molecule has 21 heavy (non-hydrogen) atoms. The molecular formula is C14H20N2O4S. The molecule has 1 saturated heterocycles. The fourth-order valence-electron chi connectivity index (χ4n) is 2.32. The molecule has 6 nitrogen and oxygen atoms in total. The topological polar surface area (TPSA) is 89.7 Å². The van der Waals surface area contributed by atoms with Crippen LogP contribution in [0.3, 0.4) is 0 Å². The van der Waals surface area contributed by atoms with Gasteiger partial charge >= 0.3 is 5.97 Å². The Labute approximate surface area is 124 Å². The van der Waals surface area contributed by atoms with Crippen LogP contribution in [-0.2, 0) is 14.8 Å². The molecule has 0 aromatic heterocycles. The van der Waals surface area contributed by atoms with E-state index in [1.807, 2.05) is 6.92 Å². The van der Waals surface area contributed by atoms with Crippen molar-refractivity contribution in [2.24, 2.45) is 11.7 Å². The number of methoxy groups -OCH3 is 1. The van der Waals surface area contributed by atoms with Gasteiger partial charge in [-0.1, -0.05) is 6.92 Å². The average molecular weight is 312 g/mol. The first-order valence-corrected chi connectivity index (χ1v) is 8.24. The number of ether oxygens (including phenoxy) is 1. The highest BCUT2D eigenvalue weighted by atomic mass is 32.2. The van der Waals surface area contributed by atoms with E-state index in [1.54, 1.807) is 0 Å². The molecule has 2 unspecified atom stereocenters. The number of sulfonamides is 1. The lowest BCUT2D eigenvalue weighted by Crippen LogP contribution is -2.49. The summed E-state index contributed by atoms with van der Waals surface area (Å²) in [6.45, 7) is 2.82. The van der Waals surface area contributed by atoms with Gasteiger partial charge in [-0.3, -0.25) is 0 Å². The monoisotopic (exact) mass is 312 g/mol. The van der Waals surface area contributed by atoms with Crippen molar-refractivity contribution in [2.75, 3.05) is 20.2 Å². The lowest BCUT2D eigenvalue weighted by molar-refractivity contribution is 0.0600. The van der Waals surface area contributed by atoms with E-state index < -0.39 is 16.0 Å². The maximum atomic E-state index is 12.5. The van der Waals surface area contributed by atoms with E-state index >= 15 is 0 Å². The molecule has 0 bridgehead atoms. The van der Waals surface area contributed by atoms with Gasteiger partial charge in [0.1, 0.15) is 0 Å². The quantitative estimate of drug-likeness (QED) is 0.835. The zero-order valence-corrected chi connectivity index (χ0v) is 13.0. The fourth-order valence-corrected chi connectivity index (χ4v) is 3.81. The van der Waals surface area contributed by atoms with Crippen molar-refractivity contribution in [2.45, 2.75) is 24.3 Å². The number of carbonyl (C=O) groups is 1. The standard InChI is InChI=1S/C14H20N2O4S/c1-10-7-8-16(9-13(10)15)21(18,19)12-5-3-11(4-6-12)14(17)20-2/h3-6,10,13H,7-9,15H2,1-2H3. The Morgan fingerprint density at radius 2 is 1.95 bits per heavy atom. The second-order valence-corrected chi connectivity index (χ2v) is 7.25. The highest BCUT2D eigenvalue weighted by Crippen LogP contribution is 2.23. The summed E-state index contributed by atoms with van der Waals surface area (Å²) < 4.78 is 31.1. The summed E-state index contributed by atoms with van der Waals surface area (Å²) in [5, 5.41) is 0. The van der Waals surface area contributed by atoms with Crippen molar-refractivity contribution in [3.05, 3.63) is 29.8 Å². The molecule has 1 fully saturated rings. The Morgan fingerprint density at radius 3 is 2.48 bits per heavy atom. The molecule has 1 aromatic carbocycles. The maximum absolute atomic E-state index is 12.5. The number of carbonyl (C=O) groups excluding carboxylic acids is 1. The van der Waals surface area contributed by atoms with Crippen molar-refractivity contribution in [3.8, 4) is 0 Å². The SMILES string of the molecule is COC(=O)c1ccc(S(=O)(=O)N2CCC(C)C(N)C2)cc1. The molecule has 2 rings (SSSR count). The van der Waals surface area contributed by atoms with Gasteiger partial charge in [-0.15, -0.1) is 0 Å². The summed E-state index contributed by atoms with van der Waals surface area (Å²) in [5.41, 5.74) is 6.28. The Bertz CT molecular complexity index is 612. The molecule has 116 valence electrons. The molecule has 0 spiro atoms. The van der Waals surface area contributed by atoms with Gasteiger partial charge < -0.3 is 10.5 Å². The first-order chi connectivity index (χ1) is 9.86. The van der Waals surface area contributed by atoms with Crippen molar-refractivity contribution < 1.29 is 17.9 Å². The molecule has 2 N–H and O–H groups in total. The van der Waals surface area contributed by atoms with Crippen LogP contribution in [0, 0.1) is 5.92 Å². The number of nitrogens with two attached hydrogens (primary N) is 1. The van der Waals surface area contributed by atoms with E-state index in [0.29, 0.717) is 24.6 Å². The second-order valence-electron chi connectivity index (χ2n) is 5.31. The number of rotatable bonds is 3. The summed E-state index contributed by atoms with van der Waals surface area (Å²) in [4.78, 5) is 11.5. The smallest absolute Gasteiger partial charge is 0.337 e. The number of nitrogens with zero attached hydrogens (tertiary/aromatic N) is 1. The Hall–Kier alpha value is -1.44. The van der Waals surface area contributed by atoms with Gasteiger partial charge in [0.05, 0.1) is 17.6 Å². The molecule has 1 heterocycles. The Morgan fingerprint density at radius 1 is 1.33 bits per heavy atom. The first kappa shape index (κ1) is 15.9. The first-order valence-electron chi connectivity index (χ1n) is 6.80. The van der Waals surface area contributed by atoms with Crippen LogP contribution in [-0.4, -0.2) is 44.9 Å². The largest absolute Gasteiger partial charge is 0.465 e. The normalized spacial score (nSPS) is 23.8. The Kier molecular flexibility index (Phi) is 4.65. The van der Waals surface area contributed by atoms with Crippen LogP contribution in [0.25, 0.3) is 0 Å². The van der Waals surface area contributed by atoms with Crippen molar-refractivity contribution in [1.29, 1.82) is 0 Å². The van der Waals surface area contributed by atoms with Crippen LogP contribution in [0.1, 0.15) is 23.7 Å². The van der Waals surface area contributed by atoms with E-state index in [0.717, 1.165) is 6.42 Å². The van der Waals surface area contributed by atoms with Crippen molar-refractivity contribution in [1.82, 2.24) is 4.31 Å². The highest BCUT2D eigenvalue weighted by Gasteiger charge is 2.32. The zero-order valence-electron chi connectivity index (χ0n) is 12.2. The number of benzene rings is 1. The molecule has 0 amide bonds. The number of hydrogen-bond acceptors (Lipinski definition) is 5. The molecular weight excluding hydrogens is 292 g/mol. The average Bonchev–Trinajstić information content (AvgIpc) is 2.49. The maximum Gasteiger partial charge on any atom is 0.337 e. The third-order valence-electron chi connectivity index (χ3n) is 3.89. The fraction of sp³-hybridized carbons (Fsp3) is 0.500. The van der Waals surface area contributed by atoms with Crippen LogP contribution in [0.5, 0.6) is 0 Å². The predicted molar refractivity (Wildman–Crippen MR) is 78.3 cm³/mol. The Balaban J connectivity index is 2.22. The van der Waals surface area contributed by atoms with Gasteiger partial charge in [0.15, 0.2) is 0 Å². The van der Waals surface area contributed by atoms with Crippen LogP contribution in [0.4, 0.5) is 0 Å². The molecule has 0 radical (unpaired) electrons. The van der Waals surface area contributed by atoms with Gasteiger partial charge in [0, 0.05) is 19.1 Å². The minimum Gasteiger partial charge on any atom is -0.465 e. The molecule has 2 atom stereocenters. The molecule has 1 aliphatic rings. The summed E-state index contributed by atoms with van der Waals surface area (Å²) in [5.74, 6) is -0.175. The van der Waals surface area contributed by atoms with E-state index in [1.165, 1.54) is 35.7 Å². The van der Waals surface area contributed by atoms with Gasteiger partial charge in [0.25, 0.3) is 0 Å². The van der Waals surface area contributed by atoms with Crippen LogP contribution >= 0.6 is 0 Å². The second kappa shape index (κ2) is 6.13. The summed E-state index contributed by atoms with van der Waals surface area (Å²) in [6.07, 6.45) is 0.751. The van der Waals surface area contributed by atoms with Crippen molar-refractivity contribution >= 4 is 16.0 Å². The molecule has 7 heteroatoms. The van der Waals surface area contributed by atoms with Crippen LogP contribution in [0.15, 0.2) is 29.2 Å². The lowest BCUT2D eigenvalue weighted by atomic mass is 9.96. The lowest BCUT2D eigenvalue weighted by Gasteiger charge is -2.34. The molecule has 1 aromatic rings. The summed E-state index contributed by atoms with van der Waals surface area (Å²) >= 11 is 0. The van der Waals surface area contributed by atoms with E-state index in [2.05, 4.69) is 4.74 Å². The van der Waals surface area contributed by atoms with Gasteiger partial charge in [-0.2, -0.15) is 4.31 Å². The van der Waals surface area contributed by atoms with Gasteiger partial charge in [0.2, 0.25) is 10.0 Å². The van der Waals surface area contributed by atoms with Crippen LogP contribution in [0.2, 0.25) is 0 Å². The third-order valence-corrected chi connectivity index (χ3v) is 5.77. The van der Waals surface area contributed by atoms with E-state index in [9.17, 15) is 13.2 Å². The van der Waals surface area contributed by atoms with Crippen molar-refractivity contribution in [3.63, 3.8) is 0 Å². The number of esters is 1. The van der Waals surface area contributed by atoms with Gasteiger partial charge in [-0.25, -0.2) is 13.2 Å². The third kappa shape index (κ3) is 3.25. The van der Waals surface area contributed by atoms with E-state index in [-0.39, 0.29) is 10.9 Å². The molecule has 1 aliphatic heterocycles. The molecule has 0 aliphatic carbocycles. The number of hydrogen-bond donors (Lipinski definition) is 1. The minimum atomic E-state index is -3.57. The van der Waals surface area contributed by atoms with Crippen LogP contribution < -0.4 is 5.73 Å². The zero-order chi connectivity index (χ0) is 15.6.